The first kappa shape index (κ1) is 22.1. The van der Waals surface area contributed by atoms with Crippen molar-refractivity contribution >= 4 is 5.96 Å². The molecule has 0 bridgehead atoms. The molecule has 0 aliphatic carbocycles. The molecule has 2 aliphatic rings. The third kappa shape index (κ3) is 6.17. The second kappa shape index (κ2) is 11.0. The summed E-state index contributed by atoms with van der Waals surface area (Å²) in [6, 6.07) is 9.87. The van der Waals surface area contributed by atoms with Gasteiger partial charge < -0.3 is 15.0 Å². The van der Waals surface area contributed by atoms with Crippen LogP contribution in [-0.4, -0.2) is 85.7 Å². The number of aliphatic imine (C=N–C) groups is 1. The SMILES string of the molecule is CCNC(=NCc1ccccc1CN(C)C(C)C)N1CCC(N2CCOCC2)C1. The molecule has 2 aliphatic heterocycles. The zero-order valence-corrected chi connectivity index (χ0v) is 18.7. The average Bonchev–Trinajstić information content (AvgIpc) is 3.23. The molecule has 1 unspecified atom stereocenters. The molecule has 0 saturated carbocycles. The van der Waals surface area contributed by atoms with E-state index in [-0.39, 0.29) is 0 Å². The smallest absolute Gasteiger partial charge is 0.194 e. The number of hydrogen-bond acceptors (Lipinski definition) is 4. The monoisotopic (exact) mass is 401 g/mol. The second-order valence-corrected chi connectivity index (χ2v) is 8.48. The molecular weight excluding hydrogens is 362 g/mol. The first-order chi connectivity index (χ1) is 14.1. The van der Waals surface area contributed by atoms with Crippen LogP contribution in [-0.2, 0) is 17.8 Å². The Kier molecular flexibility index (Phi) is 8.33. The van der Waals surface area contributed by atoms with Crippen molar-refractivity contribution in [2.24, 2.45) is 4.99 Å². The zero-order valence-electron chi connectivity index (χ0n) is 18.7. The van der Waals surface area contributed by atoms with Gasteiger partial charge in [0.25, 0.3) is 0 Å². The fraction of sp³-hybridized carbons (Fsp3) is 0.696. The molecule has 162 valence electrons. The summed E-state index contributed by atoms with van der Waals surface area (Å²) >= 11 is 0. The van der Waals surface area contributed by atoms with Gasteiger partial charge in [-0.3, -0.25) is 9.80 Å². The lowest BCUT2D eigenvalue weighted by Gasteiger charge is -2.32. The maximum absolute atomic E-state index is 5.52. The van der Waals surface area contributed by atoms with Gasteiger partial charge in [-0.15, -0.1) is 0 Å². The van der Waals surface area contributed by atoms with E-state index in [1.165, 1.54) is 17.5 Å². The van der Waals surface area contributed by atoms with Gasteiger partial charge in [-0.1, -0.05) is 24.3 Å². The van der Waals surface area contributed by atoms with Crippen molar-refractivity contribution in [2.75, 3.05) is 53.0 Å². The summed E-state index contributed by atoms with van der Waals surface area (Å²) in [5.41, 5.74) is 2.69. The number of nitrogens with one attached hydrogen (secondary N) is 1. The van der Waals surface area contributed by atoms with E-state index in [0.717, 1.165) is 65.0 Å². The molecule has 6 nitrogen and oxygen atoms in total. The van der Waals surface area contributed by atoms with Crippen molar-refractivity contribution in [2.45, 2.75) is 52.4 Å². The summed E-state index contributed by atoms with van der Waals surface area (Å²) in [5.74, 6) is 1.05. The molecule has 3 rings (SSSR count). The van der Waals surface area contributed by atoms with Crippen LogP contribution in [0.5, 0.6) is 0 Å². The summed E-state index contributed by atoms with van der Waals surface area (Å²) in [4.78, 5) is 12.4. The molecule has 2 saturated heterocycles. The predicted octanol–water partition coefficient (Wildman–Crippen LogP) is 2.40. The van der Waals surface area contributed by atoms with E-state index < -0.39 is 0 Å². The van der Waals surface area contributed by atoms with Crippen molar-refractivity contribution < 1.29 is 4.74 Å². The van der Waals surface area contributed by atoms with Crippen LogP contribution in [0, 0.1) is 0 Å². The van der Waals surface area contributed by atoms with Crippen molar-refractivity contribution in [1.29, 1.82) is 0 Å². The fourth-order valence-corrected chi connectivity index (χ4v) is 4.08. The van der Waals surface area contributed by atoms with Crippen LogP contribution >= 0.6 is 0 Å². The third-order valence-electron chi connectivity index (χ3n) is 6.18. The Morgan fingerprint density at radius 2 is 1.93 bits per heavy atom. The maximum Gasteiger partial charge on any atom is 0.194 e. The summed E-state index contributed by atoms with van der Waals surface area (Å²) in [7, 11) is 2.19. The molecule has 1 N–H and O–H groups in total. The highest BCUT2D eigenvalue weighted by Crippen LogP contribution is 2.18. The highest BCUT2D eigenvalue weighted by molar-refractivity contribution is 5.80. The van der Waals surface area contributed by atoms with Crippen molar-refractivity contribution in [3.63, 3.8) is 0 Å². The summed E-state index contributed by atoms with van der Waals surface area (Å²) in [6.45, 7) is 15.2. The number of benzene rings is 1. The summed E-state index contributed by atoms with van der Waals surface area (Å²) in [6.07, 6.45) is 1.21. The van der Waals surface area contributed by atoms with Crippen LogP contribution < -0.4 is 5.32 Å². The molecule has 2 heterocycles. The van der Waals surface area contributed by atoms with Gasteiger partial charge >= 0.3 is 0 Å². The Morgan fingerprint density at radius 3 is 2.62 bits per heavy atom. The first-order valence-electron chi connectivity index (χ1n) is 11.2. The number of guanidine groups is 1. The molecule has 0 aromatic heterocycles. The minimum absolute atomic E-state index is 0.533. The van der Waals surface area contributed by atoms with Gasteiger partial charge in [-0.05, 0) is 45.4 Å². The third-order valence-corrected chi connectivity index (χ3v) is 6.18. The Morgan fingerprint density at radius 1 is 1.21 bits per heavy atom. The molecule has 0 radical (unpaired) electrons. The Labute approximate surface area is 176 Å². The molecule has 0 amide bonds. The lowest BCUT2D eigenvalue weighted by Crippen LogP contribution is -2.46. The van der Waals surface area contributed by atoms with Crippen molar-refractivity contribution in [1.82, 2.24) is 20.0 Å². The first-order valence-corrected chi connectivity index (χ1v) is 11.2. The highest BCUT2D eigenvalue weighted by atomic mass is 16.5. The molecule has 29 heavy (non-hydrogen) atoms. The van der Waals surface area contributed by atoms with Crippen LogP contribution in [0.25, 0.3) is 0 Å². The number of ether oxygens (including phenoxy) is 1. The molecule has 1 atom stereocenters. The van der Waals surface area contributed by atoms with Crippen molar-refractivity contribution in [3.05, 3.63) is 35.4 Å². The number of nitrogens with zero attached hydrogens (tertiary/aromatic N) is 4. The average molecular weight is 402 g/mol. The van der Waals surface area contributed by atoms with Gasteiger partial charge in [-0.25, -0.2) is 4.99 Å². The van der Waals surface area contributed by atoms with Crippen molar-refractivity contribution in [3.8, 4) is 0 Å². The van der Waals surface area contributed by atoms with Gasteiger partial charge in [0, 0.05) is 51.4 Å². The van der Waals surface area contributed by atoms with Crippen LogP contribution in [0.3, 0.4) is 0 Å². The zero-order chi connectivity index (χ0) is 20.6. The summed E-state index contributed by atoms with van der Waals surface area (Å²) < 4.78 is 5.52. The van der Waals surface area contributed by atoms with Crippen LogP contribution in [0.15, 0.2) is 29.3 Å². The van der Waals surface area contributed by atoms with E-state index in [4.69, 9.17) is 9.73 Å². The number of rotatable bonds is 7. The second-order valence-electron chi connectivity index (χ2n) is 8.48. The lowest BCUT2D eigenvalue weighted by atomic mass is 10.1. The molecule has 6 heteroatoms. The van der Waals surface area contributed by atoms with E-state index >= 15 is 0 Å². The highest BCUT2D eigenvalue weighted by Gasteiger charge is 2.30. The van der Waals surface area contributed by atoms with Gasteiger partial charge in [0.15, 0.2) is 5.96 Å². The Balaban J connectivity index is 1.65. The number of morpholine rings is 1. The van der Waals surface area contributed by atoms with E-state index in [0.29, 0.717) is 12.1 Å². The molecule has 0 spiro atoms. The largest absolute Gasteiger partial charge is 0.379 e. The standard InChI is InChI=1S/C23H39N5O/c1-5-24-23(28-11-10-22(18-28)27-12-14-29-15-13-27)25-16-20-8-6-7-9-21(20)17-26(4)19(2)3/h6-9,19,22H,5,10-18H2,1-4H3,(H,24,25). The van der Waals surface area contributed by atoms with Gasteiger partial charge in [0.05, 0.1) is 19.8 Å². The molecular formula is C23H39N5O. The topological polar surface area (TPSA) is 43.3 Å². The minimum Gasteiger partial charge on any atom is -0.379 e. The van der Waals surface area contributed by atoms with Gasteiger partial charge in [0.2, 0.25) is 0 Å². The minimum atomic E-state index is 0.533. The normalized spacial score (nSPS) is 21.4. The predicted molar refractivity (Wildman–Crippen MR) is 120 cm³/mol. The molecule has 1 aromatic carbocycles. The molecule has 2 fully saturated rings. The number of likely N-dealkylation sites (tertiary alicyclic amines) is 1. The lowest BCUT2D eigenvalue weighted by molar-refractivity contribution is 0.0195. The quantitative estimate of drug-likeness (QED) is 0.561. The molecule has 1 aromatic rings. The van der Waals surface area contributed by atoms with Crippen LogP contribution in [0.1, 0.15) is 38.3 Å². The van der Waals surface area contributed by atoms with Crippen LogP contribution in [0.4, 0.5) is 0 Å². The summed E-state index contributed by atoms with van der Waals surface area (Å²) in [5, 5.41) is 3.52. The number of hydrogen-bond donors (Lipinski definition) is 1. The maximum atomic E-state index is 5.52. The van der Waals surface area contributed by atoms with E-state index in [1.807, 2.05) is 0 Å². The van der Waals surface area contributed by atoms with Gasteiger partial charge in [-0.2, -0.15) is 0 Å². The van der Waals surface area contributed by atoms with E-state index in [9.17, 15) is 0 Å². The van der Waals surface area contributed by atoms with Gasteiger partial charge in [0.1, 0.15) is 0 Å². The van der Waals surface area contributed by atoms with Crippen LogP contribution in [0.2, 0.25) is 0 Å². The fourth-order valence-electron chi connectivity index (χ4n) is 4.08. The Bertz CT molecular complexity index is 656. The van der Waals surface area contributed by atoms with E-state index in [1.54, 1.807) is 0 Å². The van der Waals surface area contributed by atoms with E-state index in [2.05, 4.69) is 72.1 Å². The Hall–Kier alpha value is -1.63.